The molecule has 2 aliphatic rings. The molecule has 0 aromatic rings. The van der Waals surface area contributed by atoms with E-state index in [2.05, 4.69) is 76.3 Å². The van der Waals surface area contributed by atoms with Gasteiger partial charge in [0.05, 0.1) is 0 Å². The van der Waals surface area contributed by atoms with Crippen molar-refractivity contribution in [3.8, 4) is 0 Å². The molecule has 2 aliphatic carbocycles. The highest BCUT2D eigenvalue weighted by atomic mass is 14.2. The Hall–Kier alpha value is -1.04. The molecular formula is C26H52. The third kappa shape index (κ3) is 17.8. The molecule has 0 amide bonds. The van der Waals surface area contributed by atoms with Gasteiger partial charge in [-0.2, -0.15) is 0 Å². The van der Waals surface area contributed by atoms with Crippen LogP contribution in [0.1, 0.15) is 109 Å². The molecule has 0 fully saturated rings. The van der Waals surface area contributed by atoms with E-state index in [0.717, 1.165) is 6.42 Å². The SMILES string of the molecule is CC.CC.CC.CC.CCC1(C)C=CC=CC1.CCC1(C)C=CCC=C1. The summed E-state index contributed by atoms with van der Waals surface area (Å²) < 4.78 is 0. The molecule has 1 unspecified atom stereocenters. The molecule has 26 heavy (non-hydrogen) atoms. The van der Waals surface area contributed by atoms with E-state index in [1.807, 2.05) is 55.4 Å². The van der Waals surface area contributed by atoms with Crippen molar-refractivity contribution in [1.82, 2.24) is 0 Å². The highest BCUT2D eigenvalue weighted by molar-refractivity contribution is 5.15. The zero-order valence-corrected chi connectivity index (χ0v) is 20.4. The lowest BCUT2D eigenvalue weighted by atomic mass is 9.82. The van der Waals surface area contributed by atoms with Gasteiger partial charge in [0.2, 0.25) is 0 Å². The summed E-state index contributed by atoms with van der Waals surface area (Å²) in [6.45, 7) is 25.0. The fourth-order valence-corrected chi connectivity index (χ4v) is 2.08. The second-order valence-electron chi connectivity index (χ2n) is 5.90. The predicted octanol–water partition coefficient (Wildman–Crippen LogP) is 9.94. The maximum absolute atomic E-state index is 2.30. The summed E-state index contributed by atoms with van der Waals surface area (Å²) in [4.78, 5) is 0. The molecule has 2 rings (SSSR count). The third-order valence-corrected chi connectivity index (χ3v) is 4.17. The lowest BCUT2D eigenvalue weighted by Gasteiger charge is -2.23. The van der Waals surface area contributed by atoms with Gasteiger partial charge in [0.15, 0.2) is 0 Å². The zero-order chi connectivity index (χ0) is 21.5. The van der Waals surface area contributed by atoms with Crippen LogP contribution in [0, 0.1) is 10.8 Å². The molecule has 156 valence electrons. The number of rotatable bonds is 2. The van der Waals surface area contributed by atoms with Crippen LogP contribution in [-0.4, -0.2) is 0 Å². The Bertz CT molecular complexity index is 342. The third-order valence-electron chi connectivity index (χ3n) is 4.17. The summed E-state index contributed by atoms with van der Waals surface area (Å²) in [5, 5.41) is 0. The Morgan fingerprint density at radius 2 is 1.08 bits per heavy atom. The monoisotopic (exact) mass is 364 g/mol. The van der Waals surface area contributed by atoms with Crippen LogP contribution < -0.4 is 0 Å². The molecule has 0 aromatic carbocycles. The molecule has 0 N–H and O–H groups in total. The number of hydrogen-bond donors (Lipinski definition) is 0. The van der Waals surface area contributed by atoms with Crippen molar-refractivity contribution in [3.63, 3.8) is 0 Å². The van der Waals surface area contributed by atoms with Crippen LogP contribution in [0.2, 0.25) is 0 Å². The first kappa shape index (κ1) is 32.6. The summed E-state index contributed by atoms with van der Waals surface area (Å²) in [6, 6.07) is 0. The van der Waals surface area contributed by atoms with Crippen LogP contribution in [0.3, 0.4) is 0 Å². The molecule has 0 saturated heterocycles. The first-order valence-corrected chi connectivity index (χ1v) is 11.2. The Balaban J connectivity index is -0.000000135. The molecule has 0 nitrogen and oxygen atoms in total. The lowest BCUT2D eigenvalue weighted by Crippen LogP contribution is -2.11. The van der Waals surface area contributed by atoms with Gasteiger partial charge >= 0.3 is 0 Å². The summed E-state index contributed by atoms with van der Waals surface area (Å²) in [7, 11) is 0. The molecular weight excluding hydrogens is 312 g/mol. The lowest BCUT2D eigenvalue weighted by molar-refractivity contribution is 0.413. The van der Waals surface area contributed by atoms with Crippen molar-refractivity contribution in [1.29, 1.82) is 0 Å². The first-order valence-electron chi connectivity index (χ1n) is 11.2. The van der Waals surface area contributed by atoms with Crippen molar-refractivity contribution in [2.45, 2.75) is 109 Å². The Morgan fingerprint density at radius 3 is 1.31 bits per heavy atom. The average Bonchev–Trinajstić information content (AvgIpc) is 2.75. The van der Waals surface area contributed by atoms with Crippen molar-refractivity contribution in [3.05, 3.63) is 48.6 Å². The smallest absolute Gasteiger partial charge is 0.00303 e. The molecule has 0 spiro atoms. The van der Waals surface area contributed by atoms with Gasteiger partial charge in [-0.25, -0.2) is 0 Å². The molecule has 0 aromatic heterocycles. The number of allylic oxidation sites excluding steroid dienone is 8. The van der Waals surface area contributed by atoms with Gasteiger partial charge in [0.1, 0.15) is 0 Å². The standard InChI is InChI=1S/2C9H14.4C2H6/c2*1-3-9(2)7-5-4-6-8-9;4*1-2/h5-8H,3-4H2,1-2H3;4-7H,3,8H2,1-2H3;4*1-2H3. The van der Waals surface area contributed by atoms with Crippen LogP contribution in [0.25, 0.3) is 0 Å². The van der Waals surface area contributed by atoms with Gasteiger partial charge in [-0.3, -0.25) is 0 Å². The van der Waals surface area contributed by atoms with Gasteiger partial charge in [0.25, 0.3) is 0 Å². The first-order chi connectivity index (χ1) is 12.5. The topological polar surface area (TPSA) is 0 Å². The van der Waals surface area contributed by atoms with Crippen molar-refractivity contribution >= 4 is 0 Å². The normalized spacial score (nSPS) is 20.2. The second-order valence-corrected chi connectivity index (χ2v) is 5.90. The second kappa shape index (κ2) is 24.0. The van der Waals surface area contributed by atoms with Gasteiger partial charge in [-0.05, 0) is 31.1 Å². The van der Waals surface area contributed by atoms with E-state index in [1.165, 1.54) is 19.3 Å². The summed E-state index contributed by atoms with van der Waals surface area (Å²) in [5.74, 6) is 0. The molecule has 0 heteroatoms. The van der Waals surface area contributed by atoms with Crippen molar-refractivity contribution in [2.24, 2.45) is 10.8 Å². The highest BCUT2D eigenvalue weighted by Crippen LogP contribution is 2.30. The van der Waals surface area contributed by atoms with Crippen LogP contribution in [0.15, 0.2) is 48.6 Å². The van der Waals surface area contributed by atoms with Crippen LogP contribution >= 0.6 is 0 Å². The quantitative estimate of drug-likeness (QED) is 0.427. The molecule has 0 heterocycles. The van der Waals surface area contributed by atoms with Crippen molar-refractivity contribution in [2.75, 3.05) is 0 Å². The maximum atomic E-state index is 2.30. The largest absolute Gasteiger partial charge is 0.0839 e. The molecule has 1 atom stereocenters. The molecule has 0 saturated carbocycles. The maximum Gasteiger partial charge on any atom is 0.00303 e. The molecule has 0 aliphatic heterocycles. The van der Waals surface area contributed by atoms with Gasteiger partial charge < -0.3 is 0 Å². The predicted molar refractivity (Wildman–Crippen MR) is 128 cm³/mol. The zero-order valence-electron chi connectivity index (χ0n) is 20.4. The fourth-order valence-electron chi connectivity index (χ4n) is 2.08. The van der Waals surface area contributed by atoms with E-state index in [0.29, 0.717) is 10.8 Å². The minimum Gasteiger partial charge on any atom is -0.0839 e. The molecule has 0 radical (unpaired) electrons. The van der Waals surface area contributed by atoms with Crippen molar-refractivity contribution < 1.29 is 0 Å². The Kier molecular flexibility index (Phi) is 30.1. The summed E-state index contributed by atoms with van der Waals surface area (Å²) in [5.41, 5.74) is 0.812. The minimum atomic E-state index is 0.359. The highest BCUT2D eigenvalue weighted by Gasteiger charge is 2.17. The number of hydrogen-bond acceptors (Lipinski definition) is 0. The van der Waals surface area contributed by atoms with E-state index in [1.54, 1.807) is 0 Å². The van der Waals surface area contributed by atoms with E-state index in [4.69, 9.17) is 0 Å². The fraction of sp³-hybridized carbons (Fsp3) is 0.692. The summed E-state index contributed by atoms with van der Waals surface area (Å²) in [6.07, 6.45) is 22.7. The summed E-state index contributed by atoms with van der Waals surface area (Å²) >= 11 is 0. The van der Waals surface area contributed by atoms with E-state index >= 15 is 0 Å². The van der Waals surface area contributed by atoms with Crippen LogP contribution in [-0.2, 0) is 0 Å². The van der Waals surface area contributed by atoms with Gasteiger partial charge in [-0.1, -0.05) is 132 Å². The van der Waals surface area contributed by atoms with Gasteiger partial charge in [-0.15, -0.1) is 0 Å². The minimum absolute atomic E-state index is 0.359. The van der Waals surface area contributed by atoms with E-state index in [9.17, 15) is 0 Å². The van der Waals surface area contributed by atoms with Crippen LogP contribution in [0.5, 0.6) is 0 Å². The Labute approximate surface area is 168 Å². The van der Waals surface area contributed by atoms with E-state index < -0.39 is 0 Å². The average molecular weight is 365 g/mol. The van der Waals surface area contributed by atoms with E-state index in [-0.39, 0.29) is 0 Å². The van der Waals surface area contributed by atoms with Gasteiger partial charge in [0, 0.05) is 5.41 Å². The van der Waals surface area contributed by atoms with Crippen LogP contribution in [0.4, 0.5) is 0 Å². The molecule has 0 bridgehead atoms. The Morgan fingerprint density at radius 1 is 0.615 bits per heavy atom.